The van der Waals surface area contributed by atoms with Gasteiger partial charge in [-0.3, -0.25) is 0 Å². The van der Waals surface area contributed by atoms with Crippen LogP contribution in [0.15, 0.2) is 243 Å². The third-order valence-electron chi connectivity index (χ3n) is 13.7. The lowest BCUT2D eigenvalue weighted by Crippen LogP contribution is -2.14. The smallest absolute Gasteiger partial charge is 0.160 e. The first-order valence-corrected chi connectivity index (χ1v) is 23.1. The van der Waals surface area contributed by atoms with Gasteiger partial charge in [-0.1, -0.05) is 220 Å². The predicted molar refractivity (Wildman–Crippen MR) is 281 cm³/mol. The molecular weight excluding hydrogens is 809 g/mol. The molecule has 0 amide bonds. The van der Waals surface area contributed by atoms with Gasteiger partial charge in [0.25, 0.3) is 0 Å². The van der Waals surface area contributed by atoms with Crippen LogP contribution in [0.4, 0.5) is 0 Å². The van der Waals surface area contributed by atoms with E-state index in [0.29, 0.717) is 5.82 Å². The van der Waals surface area contributed by atoms with Crippen molar-refractivity contribution in [1.82, 2.24) is 9.97 Å². The summed E-state index contributed by atoms with van der Waals surface area (Å²) >= 11 is 0. The van der Waals surface area contributed by atoms with E-state index in [-0.39, 0.29) is 5.41 Å². The summed E-state index contributed by atoms with van der Waals surface area (Å²) in [6.07, 6.45) is 0. The molecule has 67 heavy (non-hydrogen) atoms. The van der Waals surface area contributed by atoms with Crippen molar-refractivity contribution in [1.29, 1.82) is 0 Å². The molecule has 1 aromatic heterocycles. The number of benzene rings is 10. The van der Waals surface area contributed by atoms with Crippen molar-refractivity contribution in [2.24, 2.45) is 0 Å². The van der Waals surface area contributed by atoms with E-state index in [9.17, 15) is 0 Å². The highest BCUT2D eigenvalue weighted by molar-refractivity contribution is 6.05. The number of aromatic nitrogens is 2. The van der Waals surface area contributed by atoms with Crippen LogP contribution in [0.2, 0.25) is 0 Å². The number of hydrogen-bond donors (Lipinski definition) is 0. The highest BCUT2D eigenvalue weighted by Crippen LogP contribution is 2.50. The van der Waals surface area contributed by atoms with Gasteiger partial charge in [0.15, 0.2) is 5.82 Å². The third-order valence-corrected chi connectivity index (χ3v) is 13.7. The normalized spacial score (nSPS) is 12.4. The molecular formula is C65H46N2. The summed E-state index contributed by atoms with van der Waals surface area (Å²) in [6.45, 7) is 4.68. The van der Waals surface area contributed by atoms with E-state index in [1.54, 1.807) is 0 Å². The standard InChI is InChI=1S/C65H46N2/c1-65(2)60-28-15-14-27-57(60)59-41-50(33-36-61(59)65)48-23-16-24-49(37-48)52-38-51(44-19-8-4-9-20-44)39-53(40-52)54-34-35-58(56-26-13-12-25-55(54)56)63-42-62(66-64(67-63)47-21-10-5-11-22-47)46-31-29-45(30-32-46)43-17-6-3-7-18-43/h3-42H,1-2H3. The van der Waals surface area contributed by atoms with Crippen molar-refractivity contribution in [2.45, 2.75) is 19.3 Å². The number of nitrogens with zero attached hydrogens (tertiary/aromatic N) is 2. The first-order valence-electron chi connectivity index (χ1n) is 23.1. The lowest BCUT2D eigenvalue weighted by molar-refractivity contribution is 0.660. The molecule has 1 heterocycles. The van der Waals surface area contributed by atoms with E-state index < -0.39 is 0 Å². The number of fused-ring (bicyclic) bond motifs is 4. The first-order chi connectivity index (χ1) is 32.9. The van der Waals surface area contributed by atoms with E-state index in [4.69, 9.17) is 9.97 Å². The van der Waals surface area contributed by atoms with Gasteiger partial charge in [-0.05, 0) is 125 Å². The summed E-state index contributed by atoms with van der Waals surface area (Å²) in [5.41, 5.74) is 22.1. The van der Waals surface area contributed by atoms with Gasteiger partial charge in [0.2, 0.25) is 0 Å². The molecule has 0 saturated carbocycles. The van der Waals surface area contributed by atoms with Gasteiger partial charge in [-0.2, -0.15) is 0 Å². The maximum Gasteiger partial charge on any atom is 0.160 e. The van der Waals surface area contributed by atoms with Crippen molar-refractivity contribution in [3.05, 3.63) is 254 Å². The molecule has 1 aliphatic carbocycles. The van der Waals surface area contributed by atoms with Crippen LogP contribution in [0.25, 0.3) is 111 Å². The molecule has 2 nitrogen and oxygen atoms in total. The molecule has 0 aliphatic heterocycles. The Labute approximate surface area is 392 Å². The highest BCUT2D eigenvalue weighted by Gasteiger charge is 2.35. The van der Waals surface area contributed by atoms with Crippen LogP contribution in [0, 0.1) is 0 Å². The Morgan fingerprint density at radius 2 is 0.701 bits per heavy atom. The Balaban J connectivity index is 0.974. The molecule has 0 atom stereocenters. The van der Waals surface area contributed by atoms with E-state index >= 15 is 0 Å². The van der Waals surface area contributed by atoms with E-state index in [1.165, 1.54) is 77.7 Å². The van der Waals surface area contributed by atoms with Crippen LogP contribution in [0.3, 0.4) is 0 Å². The Hall–Kier alpha value is -8.46. The van der Waals surface area contributed by atoms with E-state index in [1.807, 2.05) is 18.2 Å². The quantitative estimate of drug-likeness (QED) is 0.152. The highest BCUT2D eigenvalue weighted by atomic mass is 14.9. The zero-order valence-corrected chi connectivity index (χ0v) is 37.5. The Morgan fingerprint density at radius 3 is 1.42 bits per heavy atom. The molecule has 12 rings (SSSR count). The molecule has 0 spiro atoms. The fourth-order valence-electron chi connectivity index (χ4n) is 10.2. The second-order valence-corrected chi connectivity index (χ2v) is 18.2. The second-order valence-electron chi connectivity index (χ2n) is 18.2. The van der Waals surface area contributed by atoms with Crippen LogP contribution in [-0.2, 0) is 5.41 Å². The van der Waals surface area contributed by atoms with Gasteiger partial charge in [-0.15, -0.1) is 0 Å². The van der Waals surface area contributed by atoms with Gasteiger partial charge < -0.3 is 0 Å². The van der Waals surface area contributed by atoms with Gasteiger partial charge >= 0.3 is 0 Å². The summed E-state index contributed by atoms with van der Waals surface area (Å²) in [7, 11) is 0. The number of hydrogen-bond acceptors (Lipinski definition) is 2. The van der Waals surface area contributed by atoms with Crippen LogP contribution < -0.4 is 0 Å². The number of rotatable bonds is 8. The third kappa shape index (κ3) is 7.34. The van der Waals surface area contributed by atoms with Gasteiger partial charge in [0.05, 0.1) is 11.4 Å². The lowest BCUT2D eigenvalue weighted by Gasteiger charge is -2.21. The lowest BCUT2D eigenvalue weighted by atomic mass is 9.82. The molecule has 0 radical (unpaired) electrons. The maximum absolute atomic E-state index is 5.28. The first kappa shape index (κ1) is 40.1. The summed E-state index contributed by atoms with van der Waals surface area (Å²) < 4.78 is 0. The van der Waals surface area contributed by atoms with E-state index in [0.717, 1.165) is 39.0 Å². The Bertz CT molecular complexity index is 3630. The average molecular weight is 855 g/mol. The minimum Gasteiger partial charge on any atom is -0.228 e. The molecule has 0 N–H and O–H groups in total. The molecule has 10 aromatic carbocycles. The molecule has 0 bridgehead atoms. The minimum absolute atomic E-state index is 0.0261. The summed E-state index contributed by atoms with van der Waals surface area (Å²) in [4.78, 5) is 10.5. The molecule has 2 heteroatoms. The Morgan fingerprint density at radius 1 is 0.254 bits per heavy atom. The van der Waals surface area contributed by atoms with Crippen molar-refractivity contribution in [3.63, 3.8) is 0 Å². The monoisotopic (exact) mass is 854 g/mol. The predicted octanol–water partition coefficient (Wildman–Crippen LogP) is 17.3. The zero-order chi connectivity index (χ0) is 44.9. The SMILES string of the molecule is CC1(C)c2ccccc2-c2cc(-c3cccc(-c4cc(-c5ccccc5)cc(-c5ccc(-c6cc(-c7ccc(-c8ccccc8)cc7)nc(-c7ccccc7)n6)c6ccccc56)c4)c3)ccc21. The largest absolute Gasteiger partial charge is 0.228 e. The maximum atomic E-state index is 5.28. The van der Waals surface area contributed by atoms with Gasteiger partial charge in [0.1, 0.15) is 0 Å². The molecule has 0 fully saturated rings. The van der Waals surface area contributed by atoms with E-state index in [2.05, 4.69) is 238 Å². The van der Waals surface area contributed by atoms with Crippen molar-refractivity contribution in [3.8, 4) is 101 Å². The zero-order valence-electron chi connectivity index (χ0n) is 37.5. The van der Waals surface area contributed by atoms with Crippen molar-refractivity contribution >= 4 is 10.8 Å². The van der Waals surface area contributed by atoms with Crippen LogP contribution in [0.1, 0.15) is 25.0 Å². The molecule has 0 unspecified atom stereocenters. The Kier molecular flexibility index (Phi) is 9.88. The average Bonchev–Trinajstić information content (AvgIpc) is 3.63. The van der Waals surface area contributed by atoms with Crippen LogP contribution in [0.5, 0.6) is 0 Å². The second kappa shape index (κ2) is 16.5. The fourth-order valence-corrected chi connectivity index (χ4v) is 10.2. The van der Waals surface area contributed by atoms with Crippen LogP contribution in [-0.4, -0.2) is 9.97 Å². The van der Waals surface area contributed by atoms with Crippen molar-refractivity contribution in [2.75, 3.05) is 0 Å². The molecule has 1 aliphatic rings. The topological polar surface area (TPSA) is 25.8 Å². The summed E-state index contributed by atoms with van der Waals surface area (Å²) in [5.74, 6) is 0.698. The molecule has 0 saturated heterocycles. The van der Waals surface area contributed by atoms with Gasteiger partial charge in [-0.25, -0.2) is 9.97 Å². The van der Waals surface area contributed by atoms with Crippen LogP contribution >= 0.6 is 0 Å². The summed E-state index contributed by atoms with van der Waals surface area (Å²) in [6, 6.07) is 87.7. The fraction of sp³-hybridized carbons (Fsp3) is 0.0462. The van der Waals surface area contributed by atoms with Gasteiger partial charge in [0, 0.05) is 22.1 Å². The van der Waals surface area contributed by atoms with Crippen molar-refractivity contribution < 1.29 is 0 Å². The summed E-state index contributed by atoms with van der Waals surface area (Å²) in [5, 5.41) is 2.30. The molecule has 11 aromatic rings. The minimum atomic E-state index is -0.0261. The molecule has 316 valence electrons.